The fourth-order valence-corrected chi connectivity index (χ4v) is 2.95. The van der Waals surface area contributed by atoms with Gasteiger partial charge in [0.25, 0.3) is 0 Å². The first-order valence-electron chi connectivity index (χ1n) is 9.50. The number of nitrogens with one attached hydrogen (secondary N) is 3. The van der Waals surface area contributed by atoms with Gasteiger partial charge in [0.2, 0.25) is 5.91 Å². The molecule has 0 aliphatic carbocycles. The Morgan fingerprint density at radius 3 is 2.04 bits per heavy atom. The van der Waals surface area contributed by atoms with Gasteiger partial charge >= 0.3 is 6.03 Å². The van der Waals surface area contributed by atoms with Crippen molar-refractivity contribution in [3.63, 3.8) is 0 Å². The molecule has 0 bridgehead atoms. The van der Waals surface area contributed by atoms with Gasteiger partial charge in [0.1, 0.15) is 6.04 Å². The van der Waals surface area contributed by atoms with Crippen LogP contribution in [0, 0.1) is 5.92 Å². The molecule has 0 saturated carbocycles. The summed E-state index contributed by atoms with van der Waals surface area (Å²) in [5.41, 5.74) is 1.81. The van der Waals surface area contributed by atoms with Crippen LogP contribution >= 0.6 is 0 Å². The number of likely N-dealkylation sites (N-methyl/N-ethyl adjacent to an activating group) is 1. The van der Waals surface area contributed by atoms with Crippen LogP contribution in [-0.4, -0.2) is 43.5 Å². The first-order chi connectivity index (χ1) is 13.4. The third kappa shape index (κ3) is 6.39. The number of amides is 3. The predicted octanol–water partition coefficient (Wildman–Crippen LogP) is 3.25. The average Bonchev–Trinajstić information content (AvgIpc) is 2.67. The van der Waals surface area contributed by atoms with Gasteiger partial charge in [0.15, 0.2) is 0 Å². The van der Waals surface area contributed by atoms with E-state index in [1.807, 2.05) is 76.5 Å². The molecule has 3 amide bonds. The van der Waals surface area contributed by atoms with E-state index in [0.29, 0.717) is 12.2 Å². The van der Waals surface area contributed by atoms with Crippen LogP contribution in [0.1, 0.15) is 25.5 Å². The number of anilines is 1. The highest BCUT2D eigenvalue weighted by molar-refractivity contribution is 5.93. The van der Waals surface area contributed by atoms with E-state index < -0.39 is 12.1 Å². The lowest BCUT2D eigenvalue weighted by Gasteiger charge is -2.27. The van der Waals surface area contributed by atoms with Crippen molar-refractivity contribution >= 4 is 17.6 Å². The molecular weight excluding hydrogens is 352 g/mol. The van der Waals surface area contributed by atoms with Gasteiger partial charge in [-0.2, -0.15) is 0 Å². The van der Waals surface area contributed by atoms with Gasteiger partial charge in [-0.1, -0.05) is 62.4 Å². The Morgan fingerprint density at radius 1 is 0.929 bits per heavy atom. The zero-order valence-electron chi connectivity index (χ0n) is 17.0. The zero-order valence-corrected chi connectivity index (χ0v) is 17.0. The maximum Gasteiger partial charge on any atom is 0.319 e. The van der Waals surface area contributed by atoms with E-state index in [0.717, 1.165) is 5.56 Å². The van der Waals surface area contributed by atoms with Crippen LogP contribution < -0.4 is 16.0 Å². The second-order valence-corrected chi connectivity index (χ2v) is 7.32. The van der Waals surface area contributed by atoms with Crippen molar-refractivity contribution < 1.29 is 9.59 Å². The molecule has 2 unspecified atom stereocenters. The topological polar surface area (TPSA) is 73.5 Å². The molecule has 0 spiro atoms. The van der Waals surface area contributed by atoms with Crippen LogP contribution in [0.3, 0.4) is 0 Å². The van der Waals surface area contributed by atoms with E-state index in [1.54, 1.807) is 12.1 Å². The van der Waals surface area contributed by atoms with Gasteiger partial charge in [-0.3, -0.25) is 4.79 Å². The van der Waals surface area contributed by atoms with Crippen molar-refractivity contribution in [2.75, 3.05) is 26.0 Å². The number of hydrogen-bond donors (Lipinski definition) is 3. The van der Waals surface area contributed by atoms with E-state index in [9.17, 15) is 9.59 Å². The Hall–Kier alpha value is -2.86. The smallest absolute Gasteiger partial charge is 0.319 e. The Morgan fingerprint density at radius 2 is 1.50 bits per heavy atom. The average molecular weight is 383 g/mol. The van der Waals surface area contributed by atoms with E-state index in [4.69, 9.17) is 0 Å². The third-order valence-electron chi connectivity index (χ3n) is 4.54. The molecule has 2 atom stereocenters. The summed E-state index contributed by atoms with van der Waals surface area (Å²) in [5, 5.41) is 8.52. The number of benzene rings is 2. The molecule has 2 aromatic carbocycles. The molecule has 2 aromatic rings. The monoisotopic (exact) mass is 382 g/mol. The van der Waals surface area contributed by atoms with Crippen LogP contribution in [0.5, 0.6) is 0 Å². The van der Waals surface area contributed by atoms with Gasteiger partial charge in [0, 0.05) is 12.2 Å². The number of hydrogen-bond acceptors (Lipinski definition) is 3. The van der Waals surface area contributed by atoms with Gasteiger partial charge in [-0.25, -0.2) is 4.79 Å². The first-order valence-corrected chi connectivity index (χ1v) is 9.50. The van der Waals surface area contributed by atoms with Crippen molar-refractivity contribution in [3.05, 3.63) is 66.2 Å². The SMILES string of the molecule is CC(C)C(NC(=O)Nc1ccccc1)C(=O)NCC(c1ccccc1)N(C)C. The Balaban J connectivity index is 1.97. The maximum atomic E-state index is 12.8. The molecule has 28 heavy (non-hydrogen) atoms. The molecule has 0 aliphatic heterocycles. The number of carbonyl (C=O) groups excluding carboxylic acids is 2. The summed E-state index contributed by atoms with van der Waals surface area (Å²) in [7, 11) is 3.96. The normalized spacial score (nSPS) is 13.1. The zero-order chi connectivity index (χ0) is 20.5. The lowest BCUT2D eigenvalue weighted by atomic mass is 10.0. The van der Waals surface area contributed by atoms with Crippen LogP contribution in [0.2, 0.25) is 0 Å². The maximum absolute atomic E-state index is 12.8. The molecule has 0 aliphatic rings. The quantitative estimate of drug-likeness (QED) is 0.656. The largest absolute Gasteiger partial charge is 0.352 e. The second-order valence-electron chi connectivity index (χ2n) is 7.32. The minimum atomic E-state index is -0.623. The van der Waals surface area contributed by atoms with Crippen LogP contribution in [-0.2, 0) is 4.79 Å². The third-order valence-corrected chi connectivity index (χ3v) is 4.54. The molecule has 6 heteroatoms. The number of nitrogens with zero attached hydrogens (tertiary/aromatic N) is 1. The van der Waals surface area contributed by atoms with Crippen molar-refractivity contribution in [1.29, 1.82) is 0 Å². The summed E-state index contributed by atoms with van der Waals surface area (Å²) in [4.78, 5) is 27.1. The van der Waals surface area contributed by atoms with Gasteiger partial charge in [-0.15, -0.1) is 0 Å². The molecule has 3 N–H and O–H groups in total. The standard InChI is InChI=1S/C22H30N4O2/c1-16(2)20(25-22(28)24-18-13-9-6-10-14-18)21(27)23-15-19(26(3)4)17-11-7-5-8-12-17/h5-14,16,19-20H,15H2,1-4H3,(H,23,27)(H2,24,25,28). The highest BCUT2D eigenvalue weighted by atomic mass is 16.2. The fraction of sp³-hybridized carbons (Fsp3) is 0.364. The first kappa shape index (κ1) is 21.4. The van der Waals surface area contributed by atoms with E-state index >= 15 is 0 Å². The van der Waals surface area contributed by atoms with E-state index in [2.05, 4.69) is 20.9 Å². The molecular formula is C22H30N4O2. The summed E-state index contributed by atoms with van der Waals surface area (Å²) in [5.74, 6) is -0.239. The number of carbonyl (C=O) groups is 2. The Labute approximate surface area is 167 Å². The highest BCUT2D eigenvalue weighted by Crippen LogP contribution is 2.17. The van der Waals surface area contributed by atoms with Crippen molar-refractivity contribution in [3.8, 4) is 0 Å². The number of para-hydroxylation sites is 1. The minimum Gasteiger partial charge on any atom is -0.352 e. The van der Waals surface area contributed by atoms with Crippen molar-refractivity contribution in [2.24, 2.45) is 5.92 Å². The van der Waals surface area contributed by atoms with E-state index in [-0.39, 0.29) is 17.9 Å². The molecule has 6 nitrogen and oxygen atoms in total. The van der Waals surface area contributed by atoms with Crippen molar-refractivity contribution in [1.82, 2.24) is 15.5 Å². The molecule has 0 saturated heterocycles. The van der Waals surface area contributed by atoms with Gasteiger partial charge in [-0.05, 0) is 37.7 Å². The lowest BCUT2D eigenvalue weighted by molar-refractivity contribution is -0.124. The van der Waals surface area contributed by atoms with Gasteiger partial charge in [0.05, 0.1) is 6.04 Å². The Kier molecular flexibility index (Phi) is 8.02. The van der Waals surface area contributed by atoms with Crippen LogP contribution in [0.4, 0.5) is 10.5 Å². The van der Waals surface area contributed by atoms with Crippen molar-refractivity contribution in [2.45, 2.75) is 25.9 Å². The summed E-state index contributed by atoms with van der Waals surface area (Å²) in [6.07, 6.45) is 0. The van der Waals surface area contributed by atoms with Crippen LogP contribution in [0.25, 0.3) is 0 Å². The predicted molar refractivity (Wildman–Crippen MR) is 113 cm³/mol. The molecule has 0 heterocycles. The second kappa shape index (κ2) is 10.5. The van der Waals surface area contributed by atoms with E-state index in [1.165, 1.54) is 0 Å². The van der Waals surface area contributed by atoms with Gasteiger partial charge < -0.3 is 20.9 Å². The minimum absolute atomic E-state index is 0.0453. The summed E-state index contributed by atoms with van der Waals surface area (Å²) < 4.78 is 0. The summed E-state index contributed by atoms with van der Waals surface area (Å²) in [6, 6.07) is 18.2. The fourth-order valence-electron chi connectivity index (χ4n) is 2.95. The Bertz CT molecular complexity index is 748. The summed E-state index contributed by atoms with van der Waals surface area (Å²) >= 11 is 0. The number of rotatable bonds is 8. The molecule has 0 radical (unpaired) electrons. The summed E-state index contributed by atoms with van der Waals surface area (Å²) in [6.45, 7) is 4.28. The van der Waals surface area contributed by atoms with Crippen LogP contribution in [0.15, 0.2) is 60.7 Å². The molecule has 150 valence electrons. The molecule has 2 rings (SSSR count). The molecule has 0 aromatic heterocycles. The molecule has 0 fully saturated rings. The highest BCUT2D eigenvalue weighted by Gasteiger charge is 2.25. The lowest BCUT2D eigenvalue weighted by Crippen LogP contribution is -2.52. The number of urea groups is 1.